The molecule has 1 amide bonds. The average Bonchev–Trinajstić information content (AvgIpc) is 3.42. The third-order valence-electron chi connectivity index (χ3n) is 5.06. The molecule has 1 aliphatic heterocycles. The van der Waals surface area contributed by atoms with E-state index in [-0.39, 0.29) is 41.2 Å². The van der Waals surface area contributed by atoms with Crippen LogP contribution < -0.4 is 10.2 Å². The van der Waals surface area contributed by atoms with Gasteiger partial charge in [-0.05, 0) is 35.9 Å². The second-order valence-corrected chi connectivity index (χ2v) is 7.27. The number of carbonyl (C=O) groups excluding carboxylic acids is 1. The van der Waals surface area contributed by atoms with Gasteiger partial charge >= 0.3 is 0 Å². The van der Waals surface area contributed by atoms with Crippen molar-refractivity contribution in [3.63, 3.8) is 0 Å². The van der Waals surface area contributed by atoms with Crippen LogP contribution in [0.1, 0.15) is 12.7 Å². The Bertz CT molecular complexity index is 1100. The summed E-state index contributed by atoms with van der Waals surface area (Å²) in [4.78, 5) is 12.9. The number of hydrogen-bond acceptors (Lipinski definition) is 6. The number of aliphatic hydroxyl groups excluding tert-OH is 1. The highest BCUT2D eigenvalue weighted by atomic mass is 19.1. The number of amides is 1. The van der Waals surface area contributed by atoms with E-state index in [0.717, 1.165) is 0 Å². The Kier molecular flexibility index (Phi) is 5.97. The fourth-order valence-electron chi connectivity index (χ4n) is 3.45. The van der Waals surface area contributed by atoms with Gasteiger partial charge in [0.1, 0.15) is 30.7 Å². The van der Waals surface area contributed by atoms with Crippen molar-refractivity contribution in [1.82, 2.24) is 10.5 Å². The molecule has 0 unspecified atom stereocenters. The second-order valence-electron chi connectivity index (χ2n) is 7.27. The summed E-state index contributed by atoms with van der Waals surface area (Å²) in [5.74, 6) is -0.968. The maximum absolute atomic E-state index is 14.8. The number of nitrogens with one attached hydrogen (secondary N) is 1. The lowest BCUT2D eigenvalue weighted by Crippen LogP contribution is -2.33. The first-order valence-corrected chi connectivity index (χ1v) is 9.72. The monoisotopic (exact) mass is 429 g/mol. The van der Waals surface area contributed by atoms with Gasteiger partial charge in [-0.1, -0.05) is 11.2 Å². The summed E-state index contributed by atoms with van der Waals surface area (Å²) in [6, 6.07) is 10.5. The number of aliphatic hydroxyl groups is 1. The number of hydrogen-bond donors (Lipinski definition) is 2. The van der Waals surface area contributed by atoms with E-state index in [1.807, 2.05) is 4.90 Å². The minimum atomic E-state index is -0.576. The quantitative estimate of drug-likeness (QED) is 0.626. The van der Waals surface area contributed by atoms with Crippen molar-refractivity contribution >= 4 is 11.6 Å². The van der Waals surface area contributed by atoms with Gasteiger partial charge in [-0.25, -0.2) is 8.78 Å². The van der Waals surface area contributed by atoms with Crippen LogP contribution in [0.15, 0.2) is 47.0 Å². The number of halogens is 2. The lowest BCUT2D eigenvalue weighted by atomic mass is 10.0. The minimum Gasteiger partial charge on any atom is -0.388 e. The fourth-order valence-corrected chi connectivity index (χ4v) is 3.45. The standard InChI is InChI=1S/C22H21F2N3O4/c1-13(29)25-9-17-10-27(12-30-17)15-3-5-18(21(24)7-15)14-2-4-19(20(23)6-14)22-8-16(11-28)31-26-22/h2-8,17,28H,9-12H2,1H3,(H,25,29)/t17-/m0/s1. The van der Waals surface area contributed by atoms with Crippen molar-refractivity contribution in [2.24, 2.45) is 0 Å². The molecule has 1 saturated heterocycles. The van der Waals surface area contributed by atoms with Gasteiger partial charge in [-0.15, -0.1) is 0 Å². The molecule has 0 aliphatic carbocycles. The van der Waals surface area contributed by atoms with E-state index in [1.165, 1.54) is 31.2 Å². The molecular formula is C22H21F2N3O4. The number of nitrogens with zero attached hydrogens (tertiary/aromatic N) is 2. The van der Waals surface area contributed by atoms with Crippen LogP contribution in [0.5, 0.6) is 0 Å². The highest BCUT2D eigenvalue weighted by Gasteiger charge is 2.24. The van der Waals surface area contributed by atoms with Gasteiger partial charge in [0.2, 0.25) is 5.91 Å². The number of aromatic nitrogens is 1. The summed E-state index contributed by atoms with van der Waals surface area (Å²) < 4.78 is 40.0. The molecule has 4 rings (SSSR count). The number of rotatable bonds is 6. The maximum Gasteiger partial charge on any atom is 0.216 e. The molecule has 1 aromatic heterocycles. The molecule has 1 fully saturated rings. The van der Waals surface area contributed by atoms with Gasteiger partial charge in [0.05, 0.1) is 6.10 Å². The Hall–Kier alpha value is -3.30. The van der Waals surface area contributed by atoms with Crippen LogP contribution in [0.2, 0.25) is 0 Å². The van der Waals surface area contributed by atoms with Gasteiger partial charge in [-0.3, -0.25) is 4.79 Å². The third kappa shape index (κ3) is 4.57. The third-order valence-corrected chi connectivity index (χ3v) is 5.06. The number of benzene rings is 2. The van der Waals surface area contributed by atoms with Crippen LogP contribution >= 0.6 is 0 Å². The normalized spacial score (nSPS) is 16.0. The van der Waals surface area contributed by atoms with Crippen molar-refractivity contribution in [1.29, 1.82) is 0 Å². The van der Waals surface area contributed by atoms with Crippen LogP contribution in [0.4, 0.5) is 14.5 Å². The number of anilines is 1. The zero-order valence-corrected chi connectivity index (χ0v) is 16.8. The molecule has 7 nitrogen and oxygen atoms in total. The molecule has 9 heteroatoms. The summed E-state index contributed by atoms with van der Waals surface area (Å²) in [5, 5.41) is 15.5. The van der Waals surface area contributed by atoms with Crippen molar-refractivity contribution in [3.05, 3.63) is 59.9 Å². The number of carbonyl (C=O) groups is 1. The van der Waals surface area contributed by atoms with E-state index >= 15 is 0 Å². The van der Waals surface area contributed by atoms with Crippen molar-refractivity contribution in [2.75, 3.05) is 24.7 Å². The van der Waals surface area contributed by atoms with E-state index in [4.69, 9.17) is 14.4 Å². The maximum atomic E-state index is 14.8. The van der Waals surface area contributed by atoms with Gasteiger partial charge < -0.3 is 24.6 Å². The topological polar surface area (TPSA) is 87.8 Å². The molecule has 1 aliphatic rings. The molecule has 0 radical (unpaired) electrons. The molecule has 0 saturated carbocycles. The summed E-state index contributed by atoms with van der Waals surface area (Å²) >= 11 is 0. The Morgan fingerprint density at radius 3 is 2.65 bits per heavy atom. The predicted molar refractivity (Wildman–Crippen MR) is 109 cm³/mol. The van der Waals surface area contributed by atoms with Crippen molar-refractivity contribution in [3.8, 4) is 22.4 Å². The van der Waals surface area contributed by atoms with Crippen molar-refractivity contribution in [2.45, 2.75) is 19.6 Å². The molecule has 2 N–H and O–H groups in total. The Morgan fingerprint density at radius 2 is 1.97 bits per heavy atom. The van der Waals surface area contributed by atoms with Gasteiger partial charge in [0, 0.05) is 42.9 Å². The largest absolute Gasteiger partial charge is 0.388 e. The van der Waals surface area contributed by atoms with Crippen LogP contribution in [-0.4, -0.2) is 42.1 Å². The Labute approximate surface area is 177 Å². The lowest BCUT2D eigenvalue weighted by Gasteiger charge is -2.17. The first-order chi connectivity index (χ1) is 14.9. The van der Waals surface area contributed by atoms with Crippen LogP contribution in [-0.2, 0) is 16.1 Å². The van der Waals surface area contributed by atoms with Gasteiger partial charge in [0.25, 0.3) is 0 Å². The van der Waals surface area contributed by atoms with Crippen LogP contribution in [0, 0.1) is 11.6 Å². The van der Waals surface area contributed by atoms with E-state index < -0.39 is 11.6 Å². The molecule has 1 atom stereocenters. The summed E-state index contributed by atoms with van der Waals surface area (Å²) in [6.07, 6.45) is -0.170. The SMILES string of the molecule is CC(=O)NC[C@H]1CN(c2ccc(-c3ccc(-c4cc(CO)on4)c(F)c3)c(F)c2)CO1. The van der Waals surface area contributed by atoms with E-state index in [2.05, 4.69) is 10.5 Å². The molecule has 162 valence electrons. The molecule has 2 heterocycles. The van der Waals surface area contributed by atoms with Gasteiger partial charge in [-0.2, -0.15) is 0 Å². The molecular weight excluding hydrogens is 408 g/mol. The van der Waals surface area contributed by atoms with E-state index in [9.17, 15) is 13.6 Å². The summed E-state index contributed by atoms with van der Waals surface area (Å²) in [6.45, 7) is 2.31. The van der Waals surface area contributed by atoms with Crippen molar-refractivity contribution < 1.29 is 27.9 Å². The first-order valence-electron chi connectivity index (χ1n) is 9.72. The zero-order chi connectivity index (χ0) is 22.0. The highest BCUT2D eigenvalue weighted by Crippen LogP contribution is 2.31. The Balaban J connectivity index is 1.51. The summed E-state index contributed by atoms with van der Waals surface area (Å²) in [5.41, 5.74) is 1.75. The second kappa shape index (κ2) is 8.83. The predicted octanol–water partition coefficient (Wildman–Crippen LogP) is 3.08. The zero-order valence-electron chi connectivity index (χ0n) is 16.8. The first kappa shape index (κ1) is 21.0. The van der Waals surface area contributed by atoms with E-state index in [1.54, 1.807) is 18.2 Å². The average molecular weight is 429 g/mol. The minimum absolute atomic E-state index is 0.131. The molecule has 31 heavy (non-hydrogen) atoms. The van der Waals surface area contributed by atoms with Crippen LogP contribution in [0.25, 0.3) is 22.4 Å². The highest BCUT2D eigenvalue weighted by molar-refractivity contribution is 5.73. The van der Waals surface area contributed by atoms with Gasteiger partial charge in [0.15, 0.2) is 5.76 Å². The molecule has 2 aromatic carbocycles. The molecule has 3 aromatic rings. The van der Waals surface area contributed by atoms with E-state index in [0.29, 0.717) is 31.1 Å². The smallest absolute Gasteiger partial charge is 0.216 e. The Morgan fingerprint density at radius 1 is 1.19 bits per heavy atom. The number of ether oxygens (including phenoxy) is 1. The molecule has 0 spiro atoms. The van der Waals surface area contributed by atoms with Crippen LogP contribution in [0.3, 0.4) is 0 Å². The lowest BCUT2D eigenvalue weighted by molar-refractivity contribution is -0.119. The molecule has 0 bridgehead atoms. The fraction of sp³-hybridized carbons (Fsp3) is 0.273. The summed E-state index contributed by atoms with van der Waals surface area (Å²) in [7, 11) is 0.